The van der Waals surface area contributed by atoms with Crippen LogP contribution in [0.2, 0.25) is 0 Å². The molecule has 0 amide bonds. The fraction of sp³-hybridized carbons (Fsp3) is 0.500. The van der Waals surface area contributed by atoms with Gasteiger partial charge in [-0.3, -0.25) is 4.79 Å². The highest BCUT2D eigenvalue weighted by atomic mass is 32.2. The third-order valence-electron chi connectivity index (χ3n) is 6.56. The van der Waals surface area contributed by atoms with E-state index in [0.717, 1.165) is 61.6 Å². The lowest BCUT2D eigenvalue weighted by molar-refractivity contribution is -0.137. The molecule has 1 saturated heterocycles. The van der Waals surface area contributed by atoms with Crippen LogP contribution in [-0.2, 0) is 19.4 Å². The van der Waals surface area contributed by atoms with Gasteiger partial charge in [-0.2, -0.15) is 0 Å². The number of aliphatic carboxylic acids is 1. The molecular weight excluding hydrogens is 452 g/mol. The number of carboxylic acids is 1. The quantitative estimate of drug-likeness (QED) is 0.449. The predicted octanol–water partition coefficient (Wildman–Crippen LogP) is 5.20. The number of hydrogen-bond donors (Lipinski definition) is 2. The largest absolute Gasteiger partial charge is 0.481 e. The fourth-order valence-electron chi connectivity index (χ4n) is 4.56. The van der Waals surface area contributed by atoms with E-state index in [2.05, 4.69) is 23.2 Å². The van der Waals surface area contributed by atoms with E-state index in [0.29, 0.717) is 10.9 Å². The van der Waals surface area contributed by atoms with Gasteiger partial charge in [0.25, 0.3) is 0 Å². The standard InChI is InChI=1S/C26H36N2O5S/c1-4-19(18-26(29)30)20-7-12-25(28(5-2)22-13-15-33-16-14-22)24(17-20)27-21-8-10-23(11-9-21)34(31,32)6-3/h7-12,17,19,22,27H,4-6,13-16,18H2,1-3H3,(H,29,30). The molecule has 7 nitrogen and oxygen atoms in total. The Morgan fingerprint density at radius 3 is 2.35 bits per heavy atom. The van der Waals surface area contributed by atoms with Gasteiger partial charge in [0.2, 0.25) is 0 Å². The van der Waals surface area contributed by atoms with Gasteiger partial charge in [-0.25, -0.2) is 8.42 Å². The van der Waals surface area contributed by atoms with Crippen LogP contribution in [0.5, 0.6) is 0 Å². The molecule has 2 aromatic carbocycles. The summed E-state index contributed by atoms with van der Waals surface area (Å²) >= 11 is 0. The van der Waals surface area contributed by atoms with Crippen molar-refractivity contribution in [3.8, 4) is 0 Å². The highest BCUT2D eigenvalue weighted by molar-refractivity contribution is 7.91. The lowest BCUT2D eigenvalue weighted by Crippen LogP contribution is -2.39. The Morgan fingerprint density at radius 1 is 1.12 bits per heavy atom. The zero-order chi connectivity index (χ0) is 24.7. The van der Waals surface area contributed by atoms with Crippen LogP contribution in [0.15, 0.2) is 47.4 Å². The van der Waals surface area contributed by atoms with Gasteiger partial charge in [-0.1, -0.05) is 19.9 Å². The Hall–Kier alpha value is -2.58. The van der Waals surface area contributed by atoms with Crippen molar-refractivity contribution in [3.63, 3.8) is 0 Å². The molecule has 34 heavy (non-hydrogen) atoms. The molecule has 3 rings (SSSR count). The SMILES string of the molecule is CCC(CC(=O)O)c1ccc(N(CC)C2CCOCC2)c(Nc2ccc(S(=O)(=O)CC)cc2)c1. The smallest absolute Gasteiger partial charge is 0.303 e. The van der Waals surface area contributed by atoms with Crippen LogP contribution < -0.4 is 10.2 Å². The van der Waals surface area contributed by atoms with Crippen LogP contribution in [-0.4, -0.2) is 51.0 Å². The third-order valence-corrected chi connectivity index (χ3v) is 8.31. The molecule has 1 aliphatic rings. The Balaban J connectivity index is 1.99. The molecule has 1 fully saturated rings. The number of carbonyl (C=O) groups is 1. The zero-order valence-electron chi connectivity index (χ0n) is 20.3. The summed E-state index contributed by atoms with van der Waals surface area (Å²) in [6.07, 6.45) is 2.72. The topological polar surface area (TPSA) is 95.9 Å². The molecule has 2 aromatic rings. The van der Waals surface area contributed by atoms with E-state index in [1.165, 1.54) is 0 Å². The number of ether oxygens (including phenoxy) is 1. The van der Waals surface area contributed by atoms with Gasteiger partial charge in [0.15, 0.2) is 9.84 Å². The van der Waals surface area contributed by atoms with Crippen LogP contribution in [0.1, 0.15) is 57.9 Å². The Bertz CT molecular complexity index is 1060. The van der Waals surface area contributed by atoms with Crippen molar-refractivity contribution in [2.45, 2.75) is 63.3 Å². The van der Waals surface area contributed by atoms with E-state index >= 15 is 0 Å². The maximum Gasteiger partial charge on any atom is 0.303 e. The second-order valence-electron chi connectivity index (χ2n) is 8.66. The van der Waals surface area contributed by atoms with Crippen LogP contribution in [0.4, 0.5) is 17.1 Å². The lowest BCUT2D eigenvalue weighted by atomic mass is 9.92. The average Bonchev–Trinajstić information content (AvgIpc) is 2.84. The molecular formula is C26H36N2O5S. The predicted molar refractivity (Wildman–Crippen MR) is 136 cm³/mol. The summed E-state index contributed by atoms with van der Waals surface area (Å²) in [4.78, 5) is 14.1. The third kappa shape index (κ3) is 6.30. The number of rotatable bonds is 11. The number of anilines is 3. The molecule has 0 aliphatic carbocycles. The summed E-state index contributed by atoms with van der Waals surface area (Å²) in [5.74, 6) is -0.831. The van der Waals surface area contributed by atoms with Crippen LogP contribution in [0, 0.1) is 0 Å². The van der Waals surface area contributed by atoms with Gasteiger partial charge >= 0.3 is 5.97 Å². The molecule has 0 spiro atoms. The highest BCUT2D eigenvalue weighted by Crippen LogP contribution is 2.36. The molecule has 0 radical (unpaired) electrons. The van der Waals surface area contributed by atoms with Crippen LogP contribution in [0.3, 0.4) is 0 Å². The average molecular weight is 489 g/mol. The van der Waals surface area contributed by atoms with E-state index in [1.807, 2.05) is 19.1 Å². The number of nitrogens with one attached hydrogen (secondary N) is 1. The number of benzene rings is 2. The maximum absolute atomic E-state index is 12.2. The minimum absolute atomic E-state index is 0.0600. The van der Waals surface area contributed by atoms with Gasteiger partial charge in [-0.05, 0) is 74.1 Å². The molecule has 1 heterocycles. The summed E-state index contributed by atoms with van der Waals surface area (Å²) < 4.78 is 29.9. The van der Waals surface area contributed by atoms with E-state index in [-0.39, 0.29) is 18.1 Å². The Labute approximate surface area is 203 Å². The molecule has 2 N–H and O–H groups in total. The molecule has 1 unspecified atom stereocenters. The molecule has 186 valence electrons. The molecule has 0 aromatic heterocycles. The van der Waals surface area contributed by atoms with Crippen molar-refractivity contribution in [1.82, 2.24) is 0 Å². The first kappa shape index (κ1) is 26.0. The first-order chi connectivity index (χ1) is 16.3. The van der Waals surface area contributed by atoms with Gasteiger partial charge in [-0.15, -0.1) is 0 Å². The van der Waals surface area contributed by atoms with Crippen molar-refractivity contribution in [2.75, 3.05) is 35.7 Å². The van der Waals surface area contributed by atoms with Gasteiger partial charge in [0.05, 0.1) is 28.4 Å². The van der Waals surface area contributed by atoms with E-state index in [9.17, 15) is 18.3 Å². The summed E-state index contributed by atoms with van der Waals surface area (Å²) in [7, 11) is -3.26. The number of carboxylic acid groups (broad SMARTS) is 1. The Kier molecular flexibility index (Phi) is 8.97. The summed E-state index contributed by atoms with van der Waals surface area (Å²) in [5, 5.41) is 12.8. The second-order valence-corrected chi connectivity index (χ2v) is 10.9. The van der Waals surface area contributed by atoms with Gasteiger partial charge in [0.1, 0.15) is 0 Å². The van der Waals surface area contributed by atoms with Crippen molar-refractivity contribution < 1.29 is 23.1 Å². The zero-order valence-corrected chi connectivity index (χ0v) is 21.1. The van der Waals surface area contributed by atoms with Crippen molar-refractivity contribution in [2.24, 2.45) is 0 Å². The molecule has 8 heteroatoms. The second kappa shape index (κ2) is 11.7. The monoisotopic (exact) mass is 488 g/mol. The minimum Gasteiger partial charge on any atom is -0.481 e. The molecule has 1 atom stereocenters. The van der Waals surface area contributed by atoms with Crippen molar-refractivity contribution in [1.29, 1.82) is 0 Å². The molecule has 0 bridgehead atoms. The fourth-order valence-corrected chi connectivity index (χ4v) is 5.44. The first-order valence-electron chi connectivity index (χ1n) is 12.1. The molecule has 0 saturated carbocycles. The Morgan fingerprint density at radius 2 is 1.79 bits per heavy atom. The summed E-state index contributed by atoms with van der Waals surface area (Å²) in [6.45, 7) is 8.09. The number of hydrogen-bond acceptors (Lipinski definition) is 6. The number of sulfone groups is 1. The lowest BCUT2D eigenvalue weighted by Gasteiger charge is -2.37. The van der Waals surface area contributed by atoms with Gasteiger partial charge in [0, 0.05) is 31.5 Å². The number of nitrogens with zero attached hydrogens (tertiary/aromatic N) is 1. The van der Waals surface area contributed by atoms with Gasteiger partial charge < -0.3 is 20.1 Å². The van der Waals surface area contributed by atoms with E-state index < -0.39 is 15.8 Å². The van der Waals surface area contributed by atoms with E-state index in [1.54, 1.807) is 31.2 Å². The van der Waals surface area contributed by atoms with Crippen LogP contribution in [0.25, 0.3) is 0 Å². The molecule has 1 aliphatic heterocycles. The maximum atomic E-state index is 12.2. The van der Waals surface area contributed by atoms with E-state index in [4.69, 9.17) is 4.74 Å². The summed E-state index contributed by atoms with van der Waals surface area (Å²) in [5.41, 5.74) is 3.70. The van der Waals surface area contributed by atoms with Crippen molar-refractivity contribution >= 4 is 32.9 Å². The highest BCUT2D eigenvalue weighted by Gasteiger charge is 2.24. The summed E-state index contributed by atoms with van der Waals surface area (Å²) in [6, 6.07) is 13.3. The first-order valence-corrected chi connectivity index (χ1v) is 13.7. The normalized spacial score (nSPS) is 15.6. The van der Waals surface area contributed by atoms with Crippen molar-refractivity contribution in [3.05, 3.63) is 48.0 Å². The van der Waals surface area contributed by atoms with Crippen LogP contribution >= 0.6 is 0 Å². The minimum atomic E-state index is -3.26.